The Kier molecular flexibility index (Phi) is 8.29. The summed E-state index contributed by atoms with van der Waals surface area (Å²) in [5.74, 6) is 0.0619. The first kappa shape index (κ1) is 26.6. The molecule has 2 aliphatic rings. The van der Waals surface area contributed by atoms with Crippen LogP contribution in [-0.4, -0.2) is 48.0 Å². The highest BCUT2D eigenvalue weighted by molar-refractivity contribution is 7.90. The molecule has 0 N–H and O–H groups in total. The Labute approximate surface area is 225 Å². The van der Waals surface area contributed by atoms with Crippen LogP contribution >= 0.6 is 0 Å². The molecule has 8 heteroatoms. The molecule has 1 saturated heterocycles. The van der Waals surface area contributed by atoms with Crippen LogP contribution in [0.15, 0.2) is 66.0 Å². The number of benzene rings is 2. The molecule has 1 aliphatic carbocycles. The second kappa shape index (κ2) is 11.8. The maximum absolute atomic E-state index is 13.7. The van der Waals surface area contributed by atoms with Gasteiger partial charge in [0.05, 0.1) is 36.8 Å². The highest BCUT2D eigenvalue weighted by atomic mass is 32.2. The van der Waals surface area contributed by atoms with Crippen molar-refractivity contribution >= 4 is 15.7 Å². The van der Waals surface area contributed by atoms with Crippen LogP contribution in [0.1, 0.15) is 60.9 Å². The first-order chi connectivity index (χ1) is 18.4. The third-order valence-electron chi connectivity index (χ3n) is 7.79. The highest BCUT2D eigenvalue weighted by Crippen LogP contribution is 2.29. The number of carbonyl (C=O) groups is 1. The van der Waals surface area contributed by atoms with Crippen molar-refractivity contribution in [3.05, 3.63) is 83.2 Å². The van der Waals surface area contributed by atoms with Gasteiger partial charge >= 0.3 is 0 Å². The summed E-state index contributed by atoms with van der Waals surface area (Å²) in [6.07, 6.45) is 7.60. The minimum Gasteiger partial charge on any atom is -0.376 e. The summed E-state index contributed by atoms with van der Waals surface area (Å²) in [5.41, 5.74) is 3.40. The van der Waals surface area contributed by atoms with Crippen molar-refractivity contribution in [2.24, 2.45) is 5.92 Å². The van der Waals surface area contributed by atoms with Crippen LogP contribution in [0.5, 0.6) is 0 Å². The summed E-state index contributed by atoms with van der Waals surface area (Å²) in [6.45, 7) is 3.85. The van der Waals surface area contributed by atoms with Crippen LogP contribution in [0.3, 0.4) is 0 Å². The van der Waals surface area contributed by atoms with E-state index in [9.17, 15) is 13.2 Å². The van der Waals surface area contributed by atoms with Crippen LogP contribution < -0.4 is 0 Å². The summed E-state index contributed by atoms with van der Waals surface area (Å²) in [4.78, 5) is 20.0. The Morgan fingerprint density at radius 2 is 1.76 bits per heavy atom. The molecule has 2 aromatic carbocycles. The molecule has 1 amide bonds. The van der Waals surface area contributed by atoms with E-state index in [-0.39, 0.29) is 28.8 Å². The molecule has 3 aromatic rings. The van der Waals surface area contributed by atoms with E-state index >= 15 is 0 Å². The molecule has 2 fully saturated rings. The van der Waals surface area contributed by atoms with Crippen molar-refractivity contribution in [1.82, 2.24) is 14.5 Å². The van der Waals surface area contributed by atoms with Gasteiger partial charge in [-0.2, -0.15) is 0 Å². The van der Waals surface area contributed by atoms with Gasteiger partial charge in [0.15, 0.2) is 0 Å². The van der Waals surface area contributed by atoms with Crippen molar-refractivity contribution in [3.8, 4) is 0 Å². The Bertz CT molecular complexity index is 1340. The molecule has 2 heterocycles. The molecule has 1 atom stereocenters. The zero-order chi connectivity index (χ0) is 26.5. The summed E-state index contributed by atoms with van der Waals surface area (Å²) >= 11 is 0. The fourth-order valence-corrected chi connectivity index (χ4v) is 7.23. The topological polar surface area (TPSA) is 81.5 Å². The first-order valence-electron chi connectivity index (χ1n) is 13.7. The van der Waals surface area contributed by atoms with E-state index in [2.05, 4.69) is 4.98 Å². The largest absolute Gasteiger partial charge is 0.376 e. The molecular weight excluding hydrogens is 498 g/mol. The molecule has 0 bridgehead atoms. The third kappa shape index (κ3) is 6.18. The third-order valence-corrected chi connectivity index (χ3v) is 9.36. The van der Waals surface area contributed by atoms with Gasteiger partial charge in [-0.1, -0.05) is 67.4 Å². The summed E-state index contributed by atoms with van der Waals surface area (Å²) < 4.78 is 35.1. The van der Waals surface area contributed by atoms with E-state index < -0.39 is 9.84 Å². The molecule has 1 aliphatic heterocycles. The zero-order valence-corrected chi connectivity index (χ0v) is 22.9. The van der Waals surface area contributed by atoms with Crippen molar-refractivity contribution in [3.63, 3.8) is 0 Å². The highest BCUT2D eigenvalue weighted by Gasteiger charge is 2.32. The molecule has 1 aromatic heterocycles. The van der Waals surface area contributed by atoms with E-state index in [1.807, 2.05) is 66.4 Å². The molecular formula is C30H37N3O4S. The van der Waals surface area contributed by atoms with E-state index in [4.69, 9.17) is 4.74 Å². The van der Waals surface area contributed by atoms with E-state index in [1.54, 1.807) is 10.8 Å². The van der Waals surface area contributed by atoms with Crippen LogP contribution in [0.4, 0.5) is 0 Å². The summed E-state index contributed by atoms with van der Waals surface area (Å²) in [7, 11) is -3.74. The van der Waals surface area contributed by atoms with Crippen LogP contribution in [0.25, 0.3) is 0 Å². The Balaban J connectivity index is 1.48. The fourth-order valence-electron chi connectivity index (χ4n) is 5.64. The lowest BCUT2D eigenvalue weighted by Gasteiger charge is -2.28. The minimum absolute atomic E-state index is 0.0232. The van der Waals surface area contributed by atoms with Crippen molar-refractivity contribution < 1.29 is 17.9 Å². The molecule has 7 nitrogen and oxygen atoms in total. The van der Waals surface area contributed by atoms with Crippen molar-refractivity contribution in [1.29, 1.82) is 0 Å². The number of sulfone groups is 1. The number of aromatic nitrogens is 2. The van der Waals surface area contributed by atoms with Crippen LogP contribution in [-0.2, 0) is 38.2 Å². The lowest BCUT2D eigenvalue weighted by Crippen LogP contribution is -2.40. The fraction of sp³-hybridized carbons (Fsp3) is 0.467. The lowest BCUT2D eigenvalue weighted by molar-refractivity contribution is -0.137. The van der Waals surface area contributed by atoms with Crippen LogP contribution in [0.2, 0.25) is 0 Å². The van der Waals surface area contributed by atoms with Gasteiger partial charge in [0.1, 0.15) is 0 Å². The number of ether oxygens (including phenoxy) is 1. The van der Waals surface area contributed by atoms with Gasteiger partial charge in [0, 0.05) is 19.1 Å². The summed E-state index contributed by atoms with van der Waals surface area (Å²) in [5, 5.41) is 0.0463. The Hall–Kier alpha value is -2.97. The van der Waals surface area contributed by atoms with Crippen molar-refractivity contribution in [2.75, 3.05) is 13.2 Å². The zero-order valence-electron chi connectivity index (χ0n) is 22.1. The minimum atomic E-state index is -3.74. The van der Waals surface area contributed by atoms with Crippen LogP contribution in [0, 0.1) is 12.8 Å². The van der Waals surface area contributed by atoms with Gasteiger partial charge in [-0.15, -0.1) is 0 Å². The standard InChI is InChI=1S/C30H37N3O4S/c1-23-10-5-6-15-26(23)22-38(35,36)30-31-18-27(33(30)19-24-11-3-2-4-12-24)20-32(21-28-16-9-17-37-28)29(34)25-13-7-8-14-25/h2-6,10-12,15,18,25,28H,7-9,13-14,16-17,19-22H2,1H3/t28-/m1/s1. The molecule has 1 saturated carbocycles. The molecule has 202 valence electrons. The van der Waals surface area contributed by atoms with Gasteiger partial charge in [-0.05, 0) is 49.3 Å². The second-order valence-corrected chi connectivity index (χ2v) is 12.5. The summed E-state index contributed by atoms with van der Waals surface area (Å²) in [6, 6.07) is 17.3. The van der Waals surface area contributed by atoms with E-state index in [0.29, 0.717) is 19.6 Å². The number of nitrogens with zero attached hydrogens (tertiary/aromatic N) is 3. The number of carbonyl (C=O) groups excluding carboxylic acids is 1. The maximum Gasteiger partial charge on any atom is 0.228 e. The number of aryl methyl sites for hydroxylation is 1. The predicted octanol–water partition coefficient (Wildman–Crippen LogP) is 4.91. The van der Waals surface area contributed by atoms with Gasteiger partial charge < -0.3 is 14.2 Å². The second-order valence-electron chi connectivity index (χ2n) is 10.6. The van der Waals surface area contributed by atoms with Gasteiger partial charge in [0.25, 0.3) is 0 Å². The first-order valence-corrected chi connectivity index (χ1v) is 15.3. The number of imidazole rings is 1. The van der Waals surface area contributed by atoms with E-state index in [0.717, 1.165) is 67.5 Å². The molecule has 0 spiro atoms. The number of amides is 1. The quantitative estimate of drug-likeness (QED) is 0.368. The molecule has 5 rings (SSSR count). The van der Waals surface area contributed by atoms with Crippen molar-refractivity contribution in [2.45, 2.75) is 75.6 Å². The van der Waals surface area contributed by atoms with Gasteiger partial charge in [-0.3, -0.25) is 4.79 Å². The maximum atomic E-state index is 13.7. The predicted molar refractivity (Wildman–Crippen MR) is 146 cm³/mol. The average molecular weight is 536 g/mol. The molecule has 0 unspecified atom stereocenters. The van der Waals surface area contributed by atoms with Gasteiger partial charge in [0.2, 0.25) is 20.9 Å². The average Bonchev–Trinajstić information content (AvgIpc) is 3.69. The molecule has 38 heavy (non-hydrogen) atoms. The van der Waals surface area contributed by atoms with Gasteiger partial charge in [-0.25, -0.2) is 13.4 Å². The smallest absolute Gasteiger partial charge is 0.228 e. The Morgan fingerprint density at radius 1 is 1.03 bits per heavy atom. The SMILES string of the molecule is Cc1ccccc1CS(=O)(=O)c1ncc(CN(C[C@H]2CCCO2)C(=O)C2CCCC2)n1Cc1ccccc1. The Morgan fingerprint density at radius 3 is 2.47 bits per heavy atom. The number of rotatable bonds is 10. The monoisotopic (exact) mass is 535 g/mol. The van der Waals surface area contributed by atoms with E-state index in [1.165, 1.54) is 0 Å². The lowest BCUT2D eigenvalue weighted by atomic mass is 10.1. The number of hydrogen-bond donors (Lipinski definition) is 0. The molecule has 0 radical (unpaired) electrons. The number of hydrogen-bond acceptors (Lipinski definition) is 5. The normalized spacial score (nSPS) is 18.2.